The van der Waals surface area contributed by atoms with Gasteiger partial charge in [0.25, 0.3) is 0 Å². The van der Waals surface area contributed by atoms with E-state index in [1.807, 2.05) is 46.9 Å². The standard InChI is InChI=1S/C14H12BrN3O/c15-10-3-1-4-12(7-10)19-9-11-8-17-14-6-2-5-13(16)18(11)14/h1-8H,9,16H2. The SMILES string of the molecule is Nc1cccc2ncc(COc3cccc(Br)c3)n12. The van der Waals surface area contributed by atoms with Crippen molar-refractivity contribution in [3.63, 3.8) is 0 Å². The van der Waals surface area contributed by atoms with Crippen LogP contribution in [0.5, 0.6) is 5.75 Å². The third-order valence-corrected chi connectivity index (χ3v) is 3.31. The van der Waals surface area contributed by atoms with Gasteiger partial charge in [-0.1, -0.05) is 28.1 Å². The van der Waals surface area contributed by atoms with Gasteiger partial charge in [0.1, 0.15) is 23.8 Å². The van der Waals surface area contributed by atoms with E-state index in [0.717, 1.165) is 21.6 Å². The summed E-state index contributed by atoms with van der Waals surface area (Å²) in [5.41, 5.74) is 7.71. The number of pyridine rings is 1. The number of nitrogen functional groups attached to an aromatic ring is 1. The first-order chi connectivity index (χ1) is 9.24. The predicted molar refractivity (Wildman–Crippen MR) is 78.1 cm³/mol. The molecule has 5 heteroatoms. The van der Waals surface area contributed by atoms with Crippen molar-refractivity contribution in [3.8, 4) is 5.75 Å². The summed E-state index contributed by atoms with van der Waals surface area (Å²) in [5, 5.41) is 0. The molecule has 4 nitrogen and oxygen atoms in total. The molecule has 3 rings (SSSR count). The number of benzene rings is 1. The zero-order valence-corrected chi connectivity index (χ0v) is 11.7. The molecule has 19 heavy (non-hydrogen) atoms. The van der Waals surface area contributed by atoms with Crippen LogP contribution in [-0.4, -0.2) is 9.38 Å². The van der Waals surface area contributed by atoms with Gasteiger partial charge in [0.2, 0.25) is 0 Å². The van der Waals surface area contributed by atoms with E-state index in [1.165, 1.54) is 0 Å². The van der Waals surface area contributed by atoms with Gasteiger partial charge >= 0.3 is 0 Å². The maximum absolute atomic E-state index is 5.95. The van der Waals surface area contributed by atoms with Gasteiger partial charge in [-0.05, 0) is 30.3 Å². The number of ether oxygens (including phenoxy) is 1. The summed E-state index contributed by atoms with van der Waals surface area (Å²) in [6.45, 7) is 0.422. The second-order valence-corrected chi connectivity index (χ2v) is 5.06. The number of fused-ring (bicyclic) bond motifs is 1. The molecule has 2 N–H and O–H groups in total. The Kier molecular flexibility index (Phi) is 3.13. The monoisotopic (exact) mass is 317 g/mol. The average Bonchev–Trinajstić information content (AvgIpc) is 2.81. The Morgan fingerprint density at radius 1 is 1.21 bits per heavy atom. The van der Waals surface area contributed by atoms with Crippen LogP contribution in [0.25, 0.3) is 5.65 Å². The quantitative estimate of drug-likeness (QED) is 0.806. The molecule has 0 bridgehead atoms. The van der Waals surface area contributed by atoms with Crippen LogP contribution in [0.15, 0.2) is 53.1 Å². The number of hydrogen-bond acceptors (Lipinski definition) is 3. The summed E-state index contributed by atoms with van der Waals surface area (Å²) >= 11 is 3.41. The van der Waals surface area contributed by atoms with E-state index < -0.39 is 0 Å². The summed E-state index contributed by atoms with van der Waals surface area (Å²) < 4.78 is 8.62. The third-order valence-electron chi connectivity index (χ3n) is 2.82. The molecule has 0 unspecified atom stereocenters. The van der Waals surface area contributed by atoms with Gasteiger partial charge in [-0.2, -0.15) is 0 Å². The third kappa shape index (κ3) is 2.42. The molecule has 0 radical (unpaired) electrons. The van der Waals surface area contributed by atoms with Gasteiger partial charge in [-0.15, -0.1) is 0 Å². The average molecular weight is 318 g/mol. The number of hydrogen-bond donors (Lipinski definition) is 1. The molecule has 0 aliphatic rings. The lowest BCUT2D eigenvalue weighted by atomic mass is 10.3. The Morgan fingerprint density at radius 3 is 2.89 bits per heavy atom. The summed E-state index contributed by atoms with van der Waals surface area (Å²) in [6, 6.07) is 13.4. The minimum atomic E-state index is 0.422. The number of anilines is 1. The number of halogens is 1. The van der Waals surface area contributed by atoms with Gasteiger partial charge < -0.3 is 10.5 Å². The van der Waals surface area contributed by atoms with Crippen molar-refractivity contribution in [1.29, 1.82) is 0 Å². The van der Waals surface area contributed by atoms with Crippen LogP contribution in [0.2, 0.25) is 0 Å². The van der Waals surface area contributed by atoms with Crippen LogP contribution >= 0.6 is 15.9 Å². The van der Waals surface area contributed by atoms with Crippen LogP contribution in [-0.2, 0) is 6.61 Å². The van der Waals surface area contributed by atoms with Crippen molar-refractivity contribution in [2.75, 3.05) is 5.73 Å². The van der Waals surface area contributed by atoms with Crippen molar-refractivity contribution in [1.82, 2.24) is 9.38 Å². The van der Waals surface area contributed by atoms with E-state index in [2.05, 4.69) is 20.9 Å². The Hall–Kier alpha value is -2.01. The number of nitrogens with zero attached hydrogens (tertiary/aromatic N) is 2. The highest BCUT2D eigenvalue weighted by atomic mass is 79.9. The van der Waals surface area contributed by atoms with Crippen molar-refractivity contribution in [2.24, 2.45) is 0 Å². The molecule has 0 fully saturated rings. The van der Waals surface area contributed by atoms with Gasteiger partial charge in [0.05, 0.1) is 11.9 Å². The second-order valence-electron chi connectivity index (χ2n) is 4.14. The van der Waals surface area contributed by atoms with Crippen LogP contribution in [0.3, 0.4) is 0 Å². The molecule has 2 aromatic heterocycles. The molecule has 0 aliphatic carbocycles. The molecule has 0 amide bonds. The van der Waals surface area contributed by atoms with Crippen LogP contribution < -0.4 is 10.5 Å². The van der Waals surface area contributed by atoms with E-state index in [1.54, 1.807) is 6.20 Å². The summed E-state index contributed by atoms with van der Waals surface area (Å²) in [5.74, 6) is 1.46. The molecule has 0 atom stereocenters. The molecule has 2 heterocycles. The van der Waals surface area contributed by atoms with Gasteiger partial charge in [0, 0.05) is 4.47 Å². The first-order valence-electron chi connectivity index (χ1n) is 5.83. The topological polar surface area (TPSA) is 52.5 Å². The maximum Gasteiger partial charge on any atom is 0.138 e. The lowest BCUT2D eigenvalue weighted by Gasteiger charge is -2.07. The fourth-order valence-electron chi connectivity index (χ4n) is 1.94. The molecule has 0 spiro atoms. The molecular formula is C14H12BrN3O. The number of aromatic nitrogens is 2. The van der Waals surface area contributed by atoms with Crippen LogP contribution in [0.4, 0.5) is 5.82 Å². The van der Waals surface area contributed by atoms with Gasteiger partial charge in [-0.3, -0.25) is 4.40 Å². The zero-order chi connectivity index (χ0) is 13.2. The molecular weight excluding hydrogens is 306 g/mol. The van der Waals surface area contributed by atoms with E-state index in [9.17, 15) is 0 Å². The smallest absolute Gasteiger partial charge is 0.138 e. The summed E-state index contributed by atoms with van der Waals surface area (Å²) in [6.07, 6.45) is 1.78. The van der Waals surface area contributed by atoms with Gasteiger partial charge in [-0.25, -0.2) is 4.98 Å². The fraction of sp³-hybridized carbons (Fsp3) is 0.0714. The highest BCUT2D eigenvalue weighted by molar-refractivity contribution is 9.10. The molecule has 96 valence electrons. The van der Waals surface area contributed by atoms with Crippen molar-refractivity contribution in [2.45, 2.75) is 6.61 Å². The molecule has 3 aromatic rings. The predicted octanol–water partition coefficient (Wildman–Crippen LogP) is 3.26. The Bertz CT molecular complexity index is 724. The minimum Gasteiger partial charge on any atom is -0.487 e. The van der Waals surface area contributed by atoms with E-state index in [-0.39, 0.29) is 0 Å². The molecule has 0 saturated carbocycles. The van der Waals surface area contributed by atoms with Crippen molar-refractivity contribution < 1.29 is 4.74 Å². The van der Waals surface area contributed by atoms with E-state index in [0.29, 0.717) is 12.4 Å². The first kappa shape index (κ1) is 12.0. The molecule has 0 saturated heterocycles. The van der Waals surface area contributed by atoms with Crippen molar-refractivity contribution >= 4 is 27.4 Å². The maximum atomic E-state index is 5.95. The normalized spacial score (nSPS) is 10.8. The van der Waals surface area contributed by atoms with Crippen LogP contribution in [0.1, 0.15) is 5.69 Å². The summed E-state index contributed by atoms with van der Waals surface area (Å²) in [4.78, 5) is 4.30. The number of nitrogens with two attached hydrogens (primary N) is 1. The minimum absolute atomic E-state index is 0.422. The Balaban J connectivity index is 1.86. The fourth-order valence-corrected chi connectivity index (χ4v) is 2.32. The lowest BCUT2D eigenvalue weighted by Crippen LogP contribution is -2.03. The molecule has 1 aromatic carbocycles. The van der Waals surface area contributed by atoms with Crippen LogP contribution in [0, 0.1) is 0 Å². The molecule has 0 aliphatic heterocycles. The zero-order valence-electron chi connectivity index (χ0n) is 10.1. The highest BCUT2D eigenvalue weighted by Crippen LogP contribution is 2.20. The van der Waals surface area contributed by atoms with E-state index >= 15 is 0 Å². The van der Waals surface area contributed by atoms with Crippen molar-refractivity contribution in [3.05, 3.63) is 58.8 Å². The largest absolute Gasteiger partial charge is 0.487 e. The summed E-state index contributed by atoms with van der Waals surface area (Å²) in [7, 11) is 0. The Labute approximate surface area is 119 Å². The highest BCUT2D eigenvalue weighted by Gasteiger charge is 2.06. The first-order valence-corrected chi connectivity index (χ1v) is 6.62. The van der Waals surface area contributed by atoms with E-state index in [4.69, 9.17) is 10.5 Å². The second kappa shape index (κ2) is 4.93. The van der Waals surface area contributed by atoms with Gasteiger partial charge in [0.15, 0.2) is 0 Å². The number of rotatable bonds is 3. The lowest BCUT2D eigenvalue weighted by molar-refractivity contribution is 0.300. The Morgan fingerprint density at radius 2 is 2.05 bits per heavy atom. The number of imidazole rings is 1.